The Balaban J connectivity index is 1.69. The second kappa shape index (κ2) is 7.39. The quantitative estimate of drug-likeness (QED) is 0.625. The van der Waals surface area contributed by atoms with E-state index in [0.717, 1.165) is 37.8 Å². The van der Waals surface area contributed by atoms with Crippen molar-refractivity contribution < 1.29 is 14.2 Å². The molecule has 1 aromatic carbocycles. The highest BCUT2D eigenvalue weighted by molar-refractivity contribution is 5.26. The standard InChI is InChI=1S/C19H24N6O/c1-15-5-7-16(8-6-15)18(24-11-9-23(2)10-12-24)19-20-21-22-25(19)14-17-4-3-13-26-17/h3-8,13,18H,9-12,14H2,1-2H3/p+2/t18-/m1/s1. The first kappa shape index (κ1) is 16.9. The maximum atomic E-state index is 5.50. The highest BCUT2D eigenvalue weighted by Gasteiger charge is 2.34. The van der Waals surface area contributed by atoms with Crippen LogP contribution in [-0.2, 0) is 6.54 Å². The molecule has 0 amide bonds. The number of benzene rings is 1. The minimum atomic E-state index is 0.133. The number of rotatable bonds is 5. The smallest absolute Gasteiger partial charge is 0.214 e. The fourth-order valence-corrected chi connectivity index (χ4v) is 3.69. The van der Waals surface area contributed by atoms with Crippen LogP contribution in [0, 0.1) is 6.92 Å². The lowest BCUT2D eigenvalue weighted by Crippen LogP contribution is -3.27. The van der Waals surface area contributed by atoms with Gasteiger partial charge in [0.05, 0.1) is 13.3 Å². The van der Waals surface area contributed by atoms with Gasteiger partial charge in [-0.1, -0.05) is 29.8 Å². The van der Waals surface area contributed by atoms with Gasteiger partial charge in [-0.15, -0.1) is 5.10 Å². The van der Waals surface area contributed by atoms with Crippen molar-refractivity contribution in [2.45, 2.75) is 19.5 Å². The predicted molar refractivity (Wildman–Crippen MR) is 96.0 cm³/mol. The van der Waals surface area contributed by atoms with E-state index in [0.29, 0.717) is 6.54 Å². The van der Waals surface area contributed by atoms with E-state index in [1.165, 1.54) is 16.0 Å². The lowest BCUT2D eigenvalue weighted by atomic mass is 10.0. The molecule has 1 saturated heterocycles. The number of aryl methyl sites for hydroxylation is 1. The normalized spacial score (nSPS) is 21.6. The van der Waals surface area contributed by atoms with Crippen LogP contribution in [0.5, 0.6) is 0 Å². The average molecular weight is 354 g/mol. The van der Waals surface area contributed by atoms with Crippen molar-refractivity contribution in [2.75, 3.05) is 33.2 Å². The Morgan fingerprint density at radius 2 is 1.88 bits per heavy atom. The topological polar surface area (TPSA) is 65.6 Å². The van der Waals surface area contributed by atoms with Crippen molar-refractivity contribution >= 4 is 0 Å². The Labute approximate surface area is 153 Å². The summed E-state index contributed by atoms with van der Waals surface area (Å²) >= 11 is 0. The third-order valence-corrected chi connectivity index (χ3v) is 5.27. The van der Waals surface area contributed by atoms with E-state index in [4.69, 9.17) is 4.42 Å². The predicted octanol–water partition coefficient (Wildman–Crippen LogP) is -0.875. The summed E-state index contributed by atoms with van der Waals surface area (Å²) in [6, 6.07) is 12.7. The molecule has 0 bridgehead atoms. The first-order valence-corrected chi connectivity index (χ1v) is 9.21. The van der Waals surface area contributed by atoms with Gasteiger partial charge in [0.15, 0.2) is 6.04 Å². The molecule has 3 heterocycles. The molecule has 2 aromatic heterocycles. The molecule has 0 spiro atoms. The molecule has 1 fully saturated rings. The molecule has 1 aliphatic heterocycles. The van der Waals surface area contributed by atoms with Crippen LogP contribution < -0.4 is 9.80 Å². The van der Waals surface area contributed by atoms with Crippen molar-refractivity contribution in [1.29, 1.82) is 0 Å². The van der Waals surface area contributed by atoms with Crippen LogP contribution in [0.1, 0.15) is 28.8 Å². The van der Waals surface area contributed by atoms with Gasteiger partial charge < -0.3 is 14.2 Å². The van der Waals surface area contributed by atoms with Gasteiger partial charge in [0, 0.05) is 5.56 Å². The summed E-state index contributed by atoms with van der Waals surface area (Å²) in [7, 11) is 2.26. The molecule has 1 aliphatic rings. The third-order valence-electron chi connectivity index (χ3n) is 5.27. The Bertz CT molecular complexity index is 818. The summed E-state index contributed by atoms with van der Waals surface area (Å²) in [4.78, 5) is 3.11. The summed E-state index contributed by atoms with van der Waals surface area (Å²) in [5.74, 6) is 1.76. The molecule has 0 aliphatic carbocycles. The van der Waals surface area contributed by atoms with E-state index >= 15 is 0 Å². The highest BCUT2D eigenvalue weighted by Crippen LogP contribution is 2.18. The zero-order valence-corrected chi connectivity index (χ0v) is 15.4. The van der Waals surface area contributed by atoms with Crippen molar-refractivity contribution in [3.8, 4) is 0 Å². The van der Waals surface area contributed by atoms with Crippen LogP contribution >= 0.6 is 0 Å². The van der Waals surface area contributed by atoms with Crippen molar-refractivity contribution in [2.24, 2.45) is 0 Å². The maximum Gasteiger partial charge on any atom is 0.214 e. The Morgan fingerprint density at radius 1 is 1.12 bits per heavy atom. The van der Waals surface area contributed by atoms with Crippen LogP contribution in [0.15, 0.2) is 47.1 Å². The molecule has 1 atom stereocenters. The van der Waals surface area contributed by atoms with E-state index < -0.39 is 0 Å². The number of aromatic nitrogens is 4. The van der Waals surface area contributed by atoms with E-state index in [1.54, 1.807) is 11.2 Å². The summed E-state index contributed by atoms with van der Waals surface area (Å²) in [6.45, 7) is 7.22. The van der Waals surface area contributed by atoms with E-state index in [-0.39, 0.29) is 6.04 Å². The molecule has 2 N–H and O–H groups in total. The molecule has 0 radical (unpaired) electrons. The minimum Gasteiger partial charge on any atom is -0.467 e. The molecule has 136 valence electrons. The zero-order chi connectivity index (χ0) is 17.9. The van der Waals surface area contributed by atoms with Crippen LogP contribution in [-0.4, -0.2) is 53.4 Å². The molecule has 3 aromatic rings. The summed E-state index contributed by atoms with van der Waals surface area (Å²) in [5.41, 5.74) is 2.53. The number of nitrogens with zero attached hydrogens (tertiary/aromatic N) is 4. The molecular formula is C19H26N6O+2. The summed E-state index contributed by atoms with van der Waals surface area (Å²) in [6.07, 6.45) is 1.69. The molecule has 0 unspecified atom stereocenters. The molecular weight excluding hydrogens is 328 g/mol. The number of furan rings is 1. The van der Waals surface area contributed by atoms with Gasteiger partial charge in [0.1, 0.15) is 38.5 Å². The number of piperazine rings is 1. The second-order valence-electron chi connectivity index (χ2n) is 7.23. The van der Waals surface area contributed by atoms with Crippen LogP contribution in [0.25, 0.3) is 0 Å². The number of quaternary nitrogens is 2. The Hall–Kier alpha value is -2.51. The third kappa shape index (κ3) is 3.54. The van der Waals surface area contributed by atoms with Crippen molar-refractivity contribution in [3.05, 3.63) is 65.4 Å². The van der Waals surface area contributed by atoms with Gasteiger partial charge in [-0.05, 0) is 29.5 Å². The fraction of sp³-hybridized carbons (Fsp3) is 0.421. The number of nitrogens with one attached hydrogen (secondary N) is 2. The average Bonchev–Trinajstić information content (AvgIpc) is 3.32. The van der Waals surface area contributed by atoms with Crippen molar-refractivity contribution in [1.82, 2.24) is 20.2 Å². The largest absolute Gasteiger partial charge is 0.467 e. The molecule has 26 heavy (non-hydrogen) atoms. The maximum absolute atomic E-state index is 5.50. The molecule has 7 nitrogen and oxygen atoms in total. The van der Waals surface area contributed by atoms with Gasteiger partial charge in [-0.3, -0.25) is 0 Å². The van der Waals surface area contributed by atoms with E-state index in [2.05, 4.69) is 53.8 Å². The van der Waals surface area contributed by atoms with Gasteiger partial charge in [-0.2, -0.15) is 0 Å². The summed E-state index contributed by atoms with van der Waals surface area (Å²) in [5, 5.41) is 12.6. The van der Waals surface area contributed by atoms with E-state index in [9.17, 15) is 0 Å². The van der Waals surface area contributed by atoms with Crippen molar-refractivity contribution in [3.63, 3.8) is 0 Å². The van der Waals surface area contributed by atoms with E-state index in [1.807, 2.05) is 16.8 Å². The van der Waals surface area contributed by atoms with Gasteiger partial charge in [0.2, 0.25) is 5.82 Å². The highest BCUT2D eigenvalue weighted by atomic mass is 16.3. The Kier molecular flexibility index (Phi) is 4.81. The fourth-order valence-electron chi connectivity index (χ4n) is 3.69. The molecule has 7 heteroatoms. The van der Waals surface area contributed by atoms with Gasteiger partial charge >= 0.3 is 0 Å². The lowest BCUT2D eigenvalue weighted by molar-refractivity contribution is -1.02. The number of likely N-dealkylation sites (N-methyl/N-ethyl adjacent to an activating group) is 1. The molecule has 4 rings (SSSR count). The number of hydrogen-bond donors (Lipinski definition) is 2. The van der Waals surface area contributed by atoms with Gasteiger partial charge in [0.25, 0.3) is 0 Å². The first-order chi connectivity index (χ1) is 12.7. The van der Waals surface area contributed by atoms with Crippen LogP contribution in [0.3, 0.4) is 0 Å². The van der Waals surface area contributed by atoms with Crippen LogP contribution in [0.2, 0.25) is 0 Å². The van der Waals surface area contributed by atoms with Crippen LogP contribution in [0.4, 0.5) is 0 Å². The minimum absolute atomic E-state index is 0.133. The first-order valence-electron chi connectivity index (χ1n) is 9.21. The number of tetrazole rings is 1. The second-order valence-corrected chi connectivity index (χ2v) is 7.23. The monoisotopic (exact) mass is 354 g/mol. The SMILES string of the molecule is Cc1ccc([C@H](c2nnnn2Cc2ccco2)[NH+]2CC[NH+](C)CC2)cc1. The summed E-state index contributed by atoms with van der Waals surface area (Å²) < 4.78 is 7.37. The lowest BCUT2D eigenvalue weighted by Gasteiger charge is -2.32. The zero-order valence-electron chi connectivity index (χ0n) is 15.4. The number of hydrogen-bond acceptors (Lipinski definition) is 4. The molecule has 0 saturated carbocycles. The van der Waals surface area contributed by atoms with Gasteiger partial charge in [-0.25, -0.2) is 4.68 Å². The Morgan fingerprint density at radius 3 is 2.58 bits per heavy atom.